The summed E-state index contributed by atoms with van der Waals surface area (Å²) in [6.45, 7) is 5.03. The summed E-state index contributed by atoms with van der Waals surface area (Å²) < 4.78 is 34.6. The van der Waals surface area contributed by atoms with Crippen molar-refractivity contribution < 1.29 is 22.7 Å². The van der Waals surface area contributed by atoms with Gasteiger partial charge in [-0.1, -0.05) is 0 Å². The molecular weight excluding hydrogens is 384 g/mol. The summed E-state index contributed by atoms with van der Waals surface area (Å²) in [7, 11) is -2.28. The number of anilines is 1. The molecule has 2 amide bonds. The van der Waals surface area contributed by atoms with Gasteiger partial charge < -0.3 is 10.1 Å². The summed E-state index contributed by atoms with van der Waals surface area (Å²) in [5.74, 6) is -0.666. The number of fused-ring (bicyclic) bond motifs is 1. The van der Waals surface area contributed by atoms with Gasteiger partial charge in [0.1, 0.15) is 5.75 Å². The predicted molar refractivity (Wildman–Crippen MR) is 101 cm³/mol. The Labute approximate surface area is 163 Å². The predicted octanol–water partition coefficient (Wildman–Crippen LogP) is 1.19. The van der Waals surface area contributed by atoms with Crippen molar-refractivity contribution >= 4 is 27.5 Å². The van der Waals surface area contributed by atoms with E-state index in [0.717, 1.165) is 11.3 Å². The van der Waals surface area contributed by atoms with E-state index < -0.39 is 22.0 Å². The van der Waals surface area contributed by atoms with Gasteiger partial charge in [-0.05, 0) is 44.4 Å². The largest absolute Gasteiger partial charge is 0.479 e. The van der Waals surface area contributed by atoms with Crippen LogP contribution in [0.3, 0.4) is 0 Å². The maximum Gasteiger partial charge on any atom is 0.265 e. The third-order valence-corrected chi connectivity index (χ3v) is 6.22. The Bertz CT molecular complexity index is 1060. The van der Waals surface area contributed by atoms with Crippen molar-refractivity contribution in [3.8, 4) is 5.75 Å². The fraction of sp³-hybridized carbons (Fsp3) is 0.389. The summed E-state index contributed by atoms with van der Waals surface area (Å²) in [5, 5.41) is 6.76. The third kappa shape index (κ3) is 3.86. The van der Waals surface area contributed by atoms with E-state index in [-0.39, 0.29) is 23.0 Å². The number of carbonyl (C=O) groups is 2. The number of benzene rings is 1. The first-order valence-electron chi connectivity index (χ1n) is 8.74. The second-order valence-electron chi connectivity index (χ2n) is 6.77. The number of nitrogens with one attached hydrogen (secondary N) is 2. The van der Waals surface area contributed by atoms with Crippen LogP contribution in [0.1, 0.15) is 30.2 Å². The zero-order chi connectivity index (χ0) is 20.6. The van der Waals surface area contributed by atoms with Gasteiger partial charge in [-0.3, -0.25) is 14.3 Å². The number of amides is 2. The molecule has 1 aliphatic rings. The second kappa shape index (κ2) is 7.27. The summed E-state index contributed by atoms with van der Waals surface area (Å²) in [6, 6.07) is 2.83. The van der Waals surface area contributed by atoms with Crippen molar-refractivity contribution in [3.63, 3.8) is 0 Å². The summed E-state index contributed by atoms with van der Waals surface area (Å²) in [5.41, 5.74) is 2.60. The highest BCUT2D eigenvalue weighted by atomic mass is 32.2. The van der Waals surface area contributed by atoms with Crippen LogP contribution >= 0.6 is 0 Å². The Morgan fingerprint density at radius 2 is 2.07 bits per heavy atom. The van der Waals surface area contributed by atoms with Gasteiger partial charge in [-0.2, -0.15) is 5.10 Å². The molecule has 1 atom stereocenters. The minimum absolute atomic E-state index is 0.0132. The van der Waals surface area contributed by atoms with Crippen molar-refractivity contribution in [1.82, 2.24) is 14.5 Å². The van der Waals surface area contributed by atoms with Crippen LogP contribution in [0.4, 0.5) is 5.69 Å². The lowest BCUT2D eigenvalue weighted by Crippen LogP contribution is -2.35. The van der Waals surface area contributed by atoms with E-state index in [4.69, 9.17) is 4.74 Å². The number of carbonyl (C=O) groups excluding carboxylic acids is 2. The van der Waals surface area contributed by atoms with Gasteiger partial charge in [0, 0.05) is 25.2 Å². The molecule has 150 valence electrons. The normalized spacial score (nSPS) is 16.1. The van der Waals surface area contributed by atoms with Gasteiger partial charge in [0.25, 0.3) is 15.9 Å². The summed E-state index contributed by atoms with van der Waals surface area (Å²) >= 11 is 0. The lowest BCUT2D eigenvalue weighted by molar-refractivity contribution is -0.122. The zero-order valence-corrected chi connectivity index (χ0v) is 16.9. The Kier molecular flexibility index (Phi) is 5.16. The SMILES string of the molecule is Cc1cc2c(cc1S(=O)(=O)NC(=O)CCc1cnn(C)c1C)O[C@@H](C)C(=O)N2. The number of sulfonamides is 1. The fourth-order valence-corrected chi connectivity index (χ4v) is 4.18. The Hall–Kier alpha value is -2.88. The van der Waals surface area contributed by atoms with Crippen LogP contribution in [-0.2, 0) is 33.1 Å². The van der Waals surface area contributed by atoms with Gasteiger partial charge in [-0.25, -0.2) is 13.1 Å². The van der Waals surface area contributed by atoms with E-state index in [0.29, 0.717) is 17.7 Å². The van der Waals surface area contributed by atoms with Crippen LogP contribution in [0.5, 0.6) is 5.75 Å². The van der Waals surface area contributed by atoms with E-state index in [1.54, 1.807) is 31.8 Å². The van der Waals surface area contributed by atoms with E-state index >= 15 is 0 Å². The molecule has 28 heavy (non-hydrogen) atoms. The average Bonchev–Trinajstić information content (AvgIpc) is 2.92. The molecule has 0 saturated heterocycles. The Morgan fingerprint density at radius 1 is 1.36 bits per heavy atom. The number of hydrogen-bond donors (Lipinski definition) is 2. The van der Waals surface area contributed by atoms with Crippen LogP contribution in [0.15, 0.2) is 23.2 Å². The topological polar surface area (TPSA) is 119 Å². The molecule has 9 nitrogen and oxygen atoms in total. The quantitative estimate of drug-likeness (QED) is 0.770. The second-order valence-corrected chi connectivity index (χ2v) is 8.42. The third-order valence-electron chi connectivity index (χ3n) is 4.70. The molecule has 0 radical (unpaired) electrons. The molecule has 3 rings (SSSR count). The first-order chi connectivity index (χ1) is 13.1. The van der Waals surface area contributed by atoms with Crippen molar-refractivity contribution in [3.05, 3.63) is 35.2 Å². The Balaban J connectivity index is 1.75. The molecule has 2 N–H and O–H groups in total. The van der Waals surface area contributed by atoms with E-state index in [1.807, 2.05) is 6.92 Å². The molecule has 0 aliphatic carbocycles. The summed E-state index contributed by atoms with van der Waals surface area (Å²) in [4.78, 5) is 23.8. The number of aromatic nitrogens is 2. The van der Waals surface area contributed by atoms with Gasteiger partial charge >= 0.3 is 0 Å². The number of rotatable bonds is 5. The van der Waals surface area contributed by atoms with Crippen LogP contribution < -0.4 is 14.8 Å². The zero-order valence-electron chi connectivity index (χ0n) is 16.1. The van der Waals surface area contributed by atoms with Crippen molar-refractivity contribution in [1.29, 1.82) is 0 Å². The standard InChI is InChI=1S/C18H22N4O5S/c1-10-7-14-15(27-12(3)18(24)20-14)8-16(10)28(25,26)21-17(23)6-5-13-9-19-22(4)11(13)2/h7-9,12H,5-6H2,1-4H3,(H,20,24)(H,21,23)/t12-/m0/s1. The minimum atomic E-state index is -4.08. The first kappa shape index (κ1) is 19.9. The van der Waals surface area contributed by atoms with Gasteiger partial charge in [0.15, 0.2) is 6.10 Å². The smallest absolute Gasteiger partial charge is 0.265 e. The minimum Gasteiger partial charge on any atom is -0.479 e. The first-order valence-corrected chi connectivity index (χ1v) is 10.2. The molecule has 0 fully saturated rings. The average molecular weight is 406 g/mol. The van der Waals surface area contributed by atoms with Crippen LogP contribution in [-0.4, -0.2) is 36.1 Å². The molecule has 0 spiro atoms. The lowest BCUT2D eigenvalue weighted by atomic mass is 10.1. The number of aryl methyl sites for hydroxylation is 3. The fourth-order valence-electron chi connectivity index (χ4n) is 2.93. The van der Waals surface area contributed by atoms with Crippen LogP contribution in [0.2, 0.25) is 0 Å². The van der Waals surface area contributed by atoms with Crippen molar-refractivity contribution in [2.45, 2.75) is 44.6 Å². The van der Waals surface area contributed by atoms with Gasteiger partial charge in [0.2, 0.25) is 5.91 Å². The monoisotopic (exact) mass is 406 g/mol. The lowest BCUT2D eigenvalue weighted by Gasteiger charge is -2.24. The Morgan fingerprint density at radius 3 is 2.71 bits per heavy atom. The molecular formula is C18H22N4O5S. The molecule has 2 heterocycles. The molecule has 2 aromatic rings. The van der Waals surface area contributed by atoms with Gasteiger partial charge in [0.05, 0.1) is 16.8 Å². The highest BCUT2D eigenvalue weighted by Crippen LogP contribution is 2.34. The maximum atomic E-state index is 12.7. The van der Waals surface area contributed by atoms with Gasteiger partial charge in [-0.15, -0.1) is 0 Å². The molecule has 1 aliphatic heterocycles. The number of nitrogens with zero attached hydrogens (tertiary/aromatic N) is 2. The van der Waals surface area contributed by atoms with E-state index in [9.17, 15) is 18.0 Å². The van der Waals surface area contributed by atoms with Crippen LogP contribution in [0, 0.1) is 13.8 Å². The molecule has 10 heteroatoms. The number of hydrogen-bond acceptors (Lipinski definition) is 6. The molecule has 0 bridgehead atoms. The number of ether oxygens (including phenoxy) is 1. The molecule has 0 unspecified atom stereocenters. The van der Waals surface area contributed by atoms with Crippen LogP contribution in [0.25, 0.3) is 0 Å². The van der Waals surface area contributed by atoms with Crippen molar-refractivity contribution in [2.24, 2.45) is 7.05 Å². The van der Waals surface area contributed by atoms with E-state index in [1.165, 1.54) is 12.1 Å². The van der Waals surface area contributed by atoms with E-state index in [2.05, 4.69) is 15.1 Å². The highest BCUT2D eigenvalue weighted by Gasteiger charge is 2.28. The maximum absolute atomic E-state index is 12.7. The molecule has 1 aromatic carbocycles. The molecule has 1 aromatic heterocycles. The molecule has 0 saturated carbocycles. The highest BCUT2D eigenvalue weighted by molar-refractivity contribution is 7.90. The summed E-state index contributed by atoms with van der Waals surface area (Å²) in [6.07, 6.45) is 1.33. The van der Waals surface area contributed by atoms with Crippen molar-refractivity contribution in [2.75, 3.05) is 5.32 Å².